The van der Waals surface area contributed by atoms with Crippen LogP contribution in [0.3, 0.4) is 0 Å². The number of piperazine rings is 1. The fourth-order valence-electron chi connectivity index (χ4n) is 3.13. The summed E-state index contributed by atoms with van der Waals surface area (Å²) in [5.41, 5.74) is 0. The van der Waals surface area contributed by atoms with Crippen molar-refractivity contribution >= 4 is 11.8 Å². The van der Waals surface area contributed by atoms with E-state index in [1.807, 2.05) is 13.8 Å². The molecule has 2 aliphatic heterocycles. The lowest BCUT2D eigenvalue weighted by molar-refractivity contribution is -0.149. The molecule has 1 N–H and O–H groups in total. The van der Waals surface area contributed by atoms with Crippen molar-refractivity contribution in [2.45, 2.75) is 70.6 Å². The quantitative estimate of drug-likeness (QED) is 0.802. The lowest BCUT2D eigenvalue weighted by Gasteiger charge is -2.38. The number of nitrogens with one attached hydrogen (secondary N) is 1. The van der Waals surface area contributed by atoms with Crippen molar-refractivity contribution in [2.24, 2.45) is 0 Å². The van der Waals surface area contributed by atoms with E-state index in [2.05, 4.69) is 5.32 Å². The second kappa shape index (κ2) is 7.07. The van der Waals surface area contributed by atoms with Crippen molar-refractivity contribution in [3.63, 3.8) is 0 Å². The van der Waals surface area contributed by atoms with Crippen LogP contribution in [0.1, 0.15) is 52.4 Å². The Morgan fingerprint density at radius 2 is 2.10 bits per heavy atom. The third-order valence-corrected chi connectivity index (χ3v) is 4.32. The Balaban J connectivity index is 1.90. The maximum absolute atomic E-state index is 12.4. The van der Waals surface area contributed by atoms with Crippen molar-refractivity contribution in [1.29, 1.82) is 0 Å². The average molecular weight is 282 g/mol. The topological polar surface area (TPSA) is 58.6 Å². The molecule has 2 saturated heterocycles. The molecule has 2 amide bonds. The Kier molecular flexibility index (Phi) is 5.40. The molecule has 5 nitrogen and oxygen atoms in total. The molecule has 2 fully saturated rings. The van der Waals surface area contributed by atoms with Gasteiger partial charge in [0.15, 0.2) is 0 Å². The third kappa shape index (κ3) is 3.32. The molecule has 0 aliphatic carbocycles. The van der Waals surface area contributed by atoms with Gasteiger partial charge in [0.1, 0.15) is 12.1 Å². The fraction of sp³-hybridized carbons (Fsp3) is 0.867. The van der Waals surface area contributed by atoms with E-state index in [4.69, 9.17) is 4.74 Å². The molecular formula is C15H26N2O3. The van der Waals surface area contributed by atoms with Gasteiger partial charge in [-0.05, 0) is 38.5 Å². The maximum Gasteiger partial charge on any atom is 0.245 e. The second-order valence-electron chi connectivity index (χ2n) is 5.70. The van der Waals surface area contributed by atoms with Crippen LogP contribution in [0, 0.1) is 0 Å². The number of hydrogen-bond acceptors (Lipinski definition) is 3. The molecule has 0 aromatic carbocycles. The zero-order valence-corrected chi connectivity index (χ0v) is 12.6. The fourth-order valence-corrected chi connectivity index (χ4v) is 3.13. The summed E-state index contributed by atoms with van der Waals surface area (Å²) in [5.74, 6) is 0.0716. The minimum Gasteiger partial charge on any atom is -0.378 e. The van der Waals surface area contributed by atoms with Gasteiger partial charge in [0.2, 0.25) is 11.8 Å². The first kappa shape index (κ1) is 15.3. The van der Waals surface area contributed by atoms with E-state index in [1.54, 1.807) is 4.90 Å². The molecule has 2 heterocycles. The molecular weight excluding hydrogens is 256 g/mol. The van der Waals surface area contributed by atoms with Gasteiger partial charge < -0.3 is 15.0 Å². The molecule has 2 rings (SSSR count). The lowest BCUT2D eigenvalue weighted by atomic mass is 10.0. The number of amides is 2. The van der Waals surface area contributed by atoms with Crippen molar-refractivity contribution in [3.05, 3.63) is 0 Å². The highest BCUT2D eigenvalue weighted by Gasteiger charge is 2.38. The number of rotatable bonds is 6. The molecule has 2 aliphatic rings. The van der Waals surface area contributed by atoms with E-state index in [0.29, 0.717) is 25.5 Å². The average Bonchev–Trinajstić information content (AvgIpc) is 2.95. The van der Waals surface area contributed by atoms with Gasteiger partial charge in [-0.1, -0.05) is 13.8 Å². The molecule has 20 heavy (non-hydrogen) atoms. The first-order chi connectivity index (χ1) is 9.67. The monoisotopic (exact) mass is 282 g/mol. The molecule has 5 heteroatoms. The van der Waals surface area contributed by atoms with Gasteiger partial charge in [-0.25, -0.2) is 0 Å². The molecule has 3 atom stereocenters. The van der Waals surface area contributed by atoms with E-state index in [-0.39, 0.29) is 23.9 Å². The van der Waals surface area contributed by atoms with Gasteiger partial charge in [0.05, 0.1) is 6.10 Å². The highest BCUT2D eigenvalue weighted by molar-refractivity contribution is 5.96. The number of carbonyl (C=O) groups excluding carboxylic acids is 2. The van der Waals surface area contributed by atoms with Crippen LogP contribution in [0.2, 0.25) is 0 Å². The number of hydrogen-bond donors (Lipinski definition) is 1. The molecule has 0 aromatic heterocycles. The summed E-state index contributed by atoms with van der Waals surface area (Å²) in [7, 11) is 0. The number of ether oxygens (including phenoxy) is 1. The van der Waals surface area contributed by atoms with Gasteiger partial charge in [-0.2, -0.15) is 0 Å². The van der Waals surface area contributed by atoms with E-state index >= 15 is 0 Å². The second-order valence-corrected chi connectivity index (χ2v) is 5.70. The summed E-state index contributed by atoms with van der Waals surface area (Å²) < 4.78 is 5.60. The Bertz CT molecular complexity index is 353. The molecule has 0 spiro atoms. The third-order valence-electron chi connectivity index (χ3n) is 4.32. The lowest BCUT2D eigenvalue weighted by Crippen LogP contribution is -2.63. The van der Waals surface area contributed by atoms with Crippen LogP contribution in [-0.2, 0) is 14.3 Å². The Morgan fingerprint density at radius 1 is 1.30 bits per heavy atom. The van der Waals surface area contributed by atoms with Gasteiger partial charge in [0, 0.05) is 13.2 Å². The molecule has 3 unspecified atom stereocenters. The zero-order valence-electron chi connectivity index (χ0n) is 12.6. The Hall–Kier alpha value is -1.10. The van der Waals surface area contributed by atoms with Gasteiger partial charge in [-0.15, -0.1) is 0 Å². The summed E-state index contributed by atoms with van der Waals surface area (Å²) in [6.07, 6.45) is 5.85. The minimum atomic E-state index is -0.340. The summed E-state index contributed by atoms with van der Waals surface area (Å²) in [4.78, 5) is 26.2. The van der Waals surface area contributed by atoms with Crippen LogP contribution in [0.15, 0.2) is 0 Å². The smallest absolute Gasteiger partial charge is 0.245 e. The highest BCUT2D eigenvalue weighted by Crippen LogP contribution is 2.19. The predicted octanol–water partition coefficient (Wildman–Crippen LogP) is 1.46. The first-order valence-corrected chi connectivity index (χ1v) is 7.89. The van der Waals surface area contributed by atoms with Crippen molar-refractivity contribution in [3.8, 4) is 0 Å². The number of nitrogens with zero attached hydrogens (tertiary/aromatic N) is 1. The number of carbonyl (C=O) groups is 2. The van der Waals surface area contributed by atoms with Crippen LogP contribution in [0.4, 0.5) is 0 Å². The van der Waals surface area contributed by atoms with E-state index in [0.717, 1.165) is 32.3 Å². The molecule has 0 bridgehead atoms. The highest BCUT2D eigenvalue weighted by atomic mass is 16.5. The molecule has 114 valence electrons. The Morgan fingerprint density at radius 3 is 2.70 bits per heavy atom. The van der Waals surface area contributed by atoms with Crippen LogP contribution in [0.5, 0.6) is 0 Å². The molecule has 0 saturated carbocycles. The molecule has 0 aromatic rings. The predicted molar refractivity (Wildman–Crippen MR) is 76.2 cm³/mol. The van der Waals surface area contributed by atoms with Gasteiger partial charge >= 0.3 is 0 Å². The van der Waals surface area contributed by atoms with Crippen molar-refractivity contribution < 1.29 is 14.3 Å². The van der Waals surface area contributed by atoms with Crippen molar-refractivity contribution in [1.82, 2.24) is 10.2 Å². The SMILES string of the molecule is CCC1NC(=O)C(CC)N(CCCC2CCCO2)C1=O. The first-order valence-electron chi connectivity index (χ1n) is 7.89. The van der Waals surface area contributed by atoms with E-state index in [1.165, 1.54) is 0 Å². The van der Waals surface area contributed by atoms with E-state index in [9.17, 15) is 9.59 Å². The summed E-state index contributed by atoms with van der Waals surface area (Å²) >= 11 is 0. The van der Waals surface area contributed by atoms with Crippen LogP contribution < -0.4 is 5.32 Å². The minimum absolute atomic E-state index is 0.00364. The Labute approximate surface area is 121 Å². The molecule has 0 radical (unpaired) electrons. The van der Waals surface area contributed by atoms with E-state index < -0.39 is 0 Å². The van der Waals surface area contributed by atoms with Gasteiger partial charge in [-0.3, -0.25) is 9.59 Å². The summed E-state index contributed by atoms with van der Waals surface area (Å²) in [6.45, 7) is 5.42. The standard InChI is InChI=1S/C15H26N2O3/c1-3-12-15(19)17(13(4-2)14(18)16-12)9-5-7-11-8-6-10-20-11/h11-13H,3-10H2,1-2H3,(H,16,18). The van der Waals surface area contributed by atoms with Crippen LogP contribution in [-0.4, -0.2) is 48.1 Å². The van der Waals surface area contributed by atoms with Gasteiger partial charge in [0.25, 0.3) is 0 Å². The van der Waals surface area contributed by atoms with Crippen molar-refractivity contribution in [2.75, 3.05) is 13.2 Å². The van der Waals surface area contributed by atoms with Crippen LogP contribution >= 0.6 is 0 Å². The summed E-state index contributed by atoms with van der Waals surface area (Å²) in [5, 5.41) is 2.82. The zero-order chi connectivity index (χ0) is 14.5. The largest absolute Gasteiger partial charge is 0.378 e. The van der Waals surface area contributed by atoms with Crippen LogP contribution in [0.25, 0.3) is 0 Å². The maximum atomic E-state index is 12.4. The summed E-state index contributed by atoms with van der Waals surface area (Å²) in [6, 6.07) is -0.636. The normalized spacial score (nSPS) is 30.7.